The van der Waals surface area contributed by atoms with Gasteiger partial charge in [-0.1, -0.05) is 20.3 Å². The van der Waals surface area contributed by atoms with Crippen molar-refractivity contribution in [3.63, 3.8) is 0 Å². The molecule has 4 nitrogen and oxygen atoms in total. The minimum absolute atomic E-state index is 0.347. The Morgan fingerprint density at radius 2 is 2.35 bits per heavy atom. The summed E-state index contributed by atoms with van der Waals surface area (Å²) in [4.78, 5) is 11.6. The first kappa shape index (κ1) is 13.8. The standard InChI is InChI=1S/C15H21N3OS/c1-11(2)14-17-12(10-19-14)9-18-7-4-3-5-13(18)15-16-6-8-20-15/h6,8,10-11,13H,3-5,7,9H2,1-2H3/t13-/m1/s1. The van der Waals surface area contributed by atoms with E-state index in [2.05, 4.69) is 34.1 Å². The lowest BCUT2D eigenvalue weighted by Gasteiger charge is -2.33. The number of piperidine rings is 1. The predicted octanol–water partition coefficient (Wildman–Crippen LogP) is 3.98. The van der Waals surface area contributed by atoms with Crippen LogP contribution in [0, 0.1) is 0 Å². The molecule has 5 heteroatoms. The maximum absolute atomic E-state index is 5.54. The fraction of sp³-hybridized carbons (Fsp3) is 0.600. The Morgan fingerprint density at radius 3 is 3.05 bits per heavy atom. The smallest absolute Gasteiger partial charge is 0.196 e. The minimum atomic E-state index is 0.347. The molecule has 3 heterocycles. The summed E-state index contributed by atoms with van der Waals surface area (Å²) in [5, 5.41) is 3.30. The maximum Gasteiger partial charge on any atom is 0.196 e. The van der Waals surface area contributed by atoms with Gasteiger partial charge in [0.2, 0.25) is 0 Å². The quantitative estimate of drug-likeness (QED) is 0.854. The van der Waals surface area contributed by atoms with E-state index < -0.39 is 0 Å². The van der Waals surface area contributed by atoms with Crippen molar-refractivity contribution in [3.8, 4) is 0 Å². The third kappa shape index (κ3) is 2.94. The first-order valence-electron chi connectivity index (χ1n) is 7.32. The third-order valence-electron chi connectivity index (χ3n) is 3.78. The Morgan fingerprint density at radius 1 is 1.45 bits per heavy atom. The highest BCUT2D eigenvalue weighted by molar-refractivity contribution is 7.09. The Kier molecular flexibility index (Phi) is 4.17. The van der Waals surface area contributed by atoms with Gasteiger partial charge in [-0.25, -0.2) is 9.97 Å². The SMILES string of the molecule is CC(C)c1nc(CN2CCCC[C@@H]2c2nccs2)co1. The summed E-state index contributed by atoms with van der Waals surface area (Å²) < 4.78 is 5.54. The van der Waals surface area contributed by atoms with Gasteiger partial charge >= 0.3 is 0 Å². The van der Waals surface area contributed by atoms with Gasteiger partial charge in [-0.05, 0) is 19.4 Å². The molecule has 108 valence electrons. The molecule has 3 rings (SSSR count). The molecule has 1 fully saturated rings. The average Bonchev–Trinajstić information content (AvgIpc) is 3.10. The predicted molar refractivity (Wildman–Crippen MR) is 79.7 cm³/mol. The summed E-state index contributed by atoms with van der Waals surface area (Å²) in [7, 11) is 0. The van der Waals surface area contributed by atoms with Crippen LogP contribution in [0.25, 0.3) is 0 Å². The number of hydrogen-bond donors (Lipinski definition) is 0. The molecule has 0 spiro atoms. The van der Waals surface area contributed by atoms with Crippen LogP contribution in [0.2, 0.25) is 0 Å². The highest BCUT2D eigenvalue weighted by Gasteiger charge is 2.26. The zero-order valence-electron chi connectivity index (χ0n) is 12.1. The lowest BCUT2D eigenvalue weighted by atomic mass is 10.0. The van der Waals surface area contributed by atoms with Gasteiger partial charge in [0.15, 0.2) is 5.89 Å². The molecule has 0 aliphatic carbocycles. The van der Waals surface area contributed by atoms with Crippen molar-refractivity contribution in [3.05, 3.63) is 34.4 Å². The molecule has 1 atom stereocenters. The normalized spacial score (nSPS) is 20.6. The van der Waals surface area contributed by atoms with Crippen molar-refractivity contribution in [2.24, 2.45) is 0 Å². The van der Waals surface area contributed by atoms with Crippen LogP contribution in [0.4, 0.5) is 0 Å². The summed E-state index contributed by atoms with van der Waals surface area (Å²) in [5.41, 5.74) is 1.04. The van der Waals surface area contributed by atoms with E-state index in [-0.39, 0.29) is 0 Å². The largest absolute Gasteiger partial charge is 0.448 e. The fourth-order valence-electron chi connectivity index (χ4n) is 2.73. The zero-order valence-corrected chi connectivity index (χ0v) is 12.9. The molecular weight excluding hydrogens is 270 g/mol. The van der Waals surface area contributed by atoms with Crippen molar-refractivity contribution in [1.29, 1.82) is 0 Å². The van der Waals surface area contributed by atoms with E-state index in [1.165, 1.54) is 24.3 Å². The van der Waals surface area contributed by atoms with Crippen LogP contribution in [0.3, 0.4) is 0 Å². The molecule has 0 unspecified atom stereocenters. The Labute approximate surface area is 123 Å². The van der Waals surface area contributed by atoms with Crippen molar-refractivity contribution in [1.82, 2.24) is 14.9 Å². The highest BCUT2D eigenvalue weighted by Crippen LogP contribution is 2.33. The molecule has 0 bridgehead atoms. The number of rotatable bonds is 4. The number of nitrogens with zero attached hydrogens (tertiary/aromatic N) is 3. The number of aromatic nitrogens is 2. The molecule has 0 aromatic carbocycles. The van der Waals surface area contributed by atoms with Crippen LogP contribution in [0.1, 0.15) is 61.7 Å². The molecule has 0 radical (unpaired) electrons. The van der Waals surface area contributed by atoms with Gasteiger partial charge in [-0.15, -0.1) is 11.3 Å². The second kappa shape index (κ2) is 6.06. The van der Waals surface area contributed by atoms with Crippen LogP contribution in [0.5, 0.6) is 0 Å². The Hall–Kier alpha value is -1.20. The van der Waals surface area contributed by atoms with Crippen molar-refractivity contribution < 1.29 is 4.42 Å². The fourth-order valence-corrected chi connectivity index (χ4v) is 3.53. The number of hydrogen-bond acceptors (Lipinski definition) is 5. The number of oxazole rings is 1. The minimum Gasteiger partial charge on any atom is -0.448 e. The van der Waals surface area contributed by atoms with Crippen LogP contribution < -0.4 is 0 Å². The maximum atomic E-state index is 5.54. The Balaban J connectivity index is 1.73. The van der Waals surface area contributed by atoms with E-state index in [4.69, 9.17) is 4.42 Å². The van der Waals surface area contributed by atoms with Crippen LogP contribution >= 0.6 is 11.3 Å². The van der Waals surface area contributed by atoms with E-state index in [0.717, 1.165) is 24.7 Å². The Bertz CT molecular complexity index is 535. The molecule has 1 aliphatic rings. The van der Waals surface area contributed by atoms with Crippen LogP contribution in [0.15, 0.2) is 22.3 Å². The van der Waals surface area contributed by atoms with E-state index in [1.54, 1.807) is 11.3 Å². The molecule has 1 saturated heterocycles. The van der Waals surface area contributed by atoms with Gasteiger partial charge < -0.3 is 4.42 Å². The first-order chi connectivity index (χ1) is 9.74. The van der Waals surface area contributed by atoms with Gasteiger partial charge in [0, 0.05) is 24.0 Å². The first-order valence-corrected chi connectivity index (χ1v) is 8.19. The molecule has 0 amide bonds. The number of likely N-dealkylation sites (tertiary alicyclic amines) is 1. The zero-order chi connectivity index (χ0) is 13.9. The van der Waals surface area contributed by atoms with E-state index in [0.29, 0.717) is 12.0 Å². The van der Waals surface area contributed by atoms with Gasteiger partial charge in [-0.3, -0.25) is 4.90 Å². The third-order valence-corrected chi connectivity index (χ3v) is 4.66. The van der Waals surface area contributed by atoms with Gasteiger partial charge in [0.25, 0.3) is 0 Å². The van der Waals surface area contributed by atoms with E-state index >= 15 is 0 Å². The van der Waals surface area contributed by atoms with E-state index in [9.17, 15) is 0 Å². The van der Waals surface area contributed by atoms with Crippen LogP contribution in [-0.4, -0.2) is 21.4 Å². The van der Waals surface area contributed by atoms with Gasteiger partial charge in [0.05, 0.1) is 11.7 Å². The van der Waals surface area contributed by atoms with Crippen molar-refractivity contribution in [2.45, 2.75) is 51.6 Å². The topological polar surface area (TPSA) is 42.2 Å². The van der Waals surface area contributed by atoms with Gasteiger partial charge in [-0.2, -0.15) is 0 Å². The molecule has 0 saturated carbocycles. The lowest BCUT2D eigenvalue weighted by molar-refractivity contribution is 0.138. The second-order valence-corrected chi connectivity index (χ2v) is 6.61. The molecule has 1 aliphatic heterocycles. The molecule has 0 N–H and O–H groups in total. The van der Waals surface area contributed by atoms with Crippen LogP contribution in [-0.2, 0) is 6.54 Å². The second-order valence-electron chi connectivity index (χ2n) is 5.68. The molecule has 2 aromatic heterocycles. The van der Waals surface area contributed by atoms with Gasteiger partial charge in [0.1, 0.15) is 11.3 Å². The highest BCUT2D eigenvalue weighted by atomic mass is 32.1. The van der Waals surface area contributed by atoms with E-state index in [1.807, 2.05) is 12.5 Å². The summed E-state index contributed by atoms with van der Waals surface area (Å²) in [6.45, 7) is 6.19. The van der Waals surface area contributed by atoms with Crippen molar-refractivity contribution in [2.75, 3.05) is 6.54 Å². The molecular formula is C15H21N3OS. The lowest BCUT2D eigenvalue weighted by Crippen LogP contribution is -2.33. The molecule has 2 aromatic rings. The summed E-state index contributed by atoms with van der Waals surface area (Å²) in [6, 6.07) is 0.447. The van der Waals surface area contributed by atoms with Crippen molar-refractivity contribution >= 4 is 11.3 Å². The summed E-state index contributed by atoms with van der Waals surface area (Å²) in [6.07, 6.45) is 7.46. The monoisotopic (exact) mass is 291 g/mol. The average molecular weight is 291 g/mol. The summed E-state index contributed by atoms with van der Waals surface area (Å²) >= 11 is 1.76. The summed E-state index contributed by atoms with van der Waals surface area (Å²) in [5.74, 6) is 1.18. The number of thiazole rings is 1. The molecule has 20 heavy (non-hydrogen) atoms.